The van der Waals surface area contributed by atoms with E-state index in [-0.39, 0.29) is 24.8 Å². The second-order valence-electron chi connectivity index (χ2n) is 3.98. The van der Waals surface area contributed by atoms with E-state index in [0.29, 0.717) is 17.2 Å². The maximum atomic E-state index is 5.84. The van der Waals surface area contributed by atoms with Gasteiger partial charge in [0.15, 0.2) is 0 Å². The fraction of sp³-hybridized carbons (Fsp3) is 0.600. The molecule has 7 heteroatoms. The number of anilines is 1. The molecule has 1 saturated carbocycles. The summed E-state index contributed by atoms with van der Waals surface area (Å²) in [6, 6.07) is 0.825. The SMILES string of the molecule is Cl.Cl.NC1CCC(Nc2cncc(Cl)n2)CC1. The Morgan fingerprint density at radius 2 is 1.82 bits per heavy atom. The molecule has 0 amide bonds. The van der Waals surface area contributed by atoms with Crippen LogP contribution in [-0.4, -0.2) is 22.1 Å². The normalized spacial score (nSPS) is 23.2. The highest BCUT2D eigenvalue weighted by molar-refractivity contribution is 6.29. The molecule has 1 aliphatic rings. The molecule has 0 unspecified atom stereocenters. The minimum atomic E-state index is 0. The van der Waals surface area contributed by atoms with Crippen LogP contribution in [0, 0.1) is 0 Å². The molecule has 1 fully saturated rings. The molecule has 0 bridgehead atoms. The summed E-state index contributed by atoms with van der Waals surface area (Å²) in [6.07, 6.45) is 7.56. The minimum Gasteiger partial charge on any atom is -0.366 e. The van der Waals surface area contributed by atoms with Gasteiger partial charge in [0.25, 0.3) is 0 Å². The zero-order valence-corrected chi connectivity index (χ0v) is 11.7. The molecule has 1 aliphatic carbocycles. The zero-order chi connectivity index (χ0) is 10.7. The van der Waals surface area contributed by atoms with Crippen LogP contribution < -0.4 is 11.1 Å². The highest BCUT2D eigenvalue weighted by atomic mass is 35.5. The topological polar surface area (TPSA) is 63.8 Å². The van der Waals surface area contributed by atoms with Gasteiger partial charge in [-0.2, -0.15) is 0 Å². The number of rotatable bonds is 2. The van der Waals surface area contributed by atoms with Crippen molar-refractivity contribution < 1.29 is 0 Å². The van der Waals surface area contributed by atoms with Crippen LogP contribution in [0.4, 0.5) is 5.82 Å². The summed E-state index contributed by atoms with van der Waals surface area (Å²) < 4.78 is 0. The van der Waals surface area contributed by atoms with Crippen molar-refractivity contribution in [2.45, 2.75) is 37.8 Å². The monoisotopic (exact) mass is 298 g/mol. The third-order valence-corrected chi connectivity index (χ3v) is 2.91. The molecule has 0 saturated heterocycles. The molecule has 1 aromatic heterocycles. The van der Waals surface area contributed by atoms with Crippen LogP contribution in [0.2, 0.25) is 5.15 Å². The second kappa shape index (κ2) is 7.93. The minimum absolute atomic E-state index is 0. The molecule has 0 spiro atoms. The summed E-state index contributed by atoms with van der Waals surface area (Å²) in [5.41, 5.74) is 5.84. The first kappa shape index (κ1) is 16.7. The lowest BCUT2D eigenvalue weighted by molar-refractivity contribution is 0.410. The third-order valence-electron chi connectivity index (χ3n) is 2.73. The number of hydrogen-bond donors (Lipinski definition) is 2. The van der Waals surface area contributed by atoms with Gasteiger partial charge in [-0.1, -0.05) is 11.6 Å². The van der Waals surface area contributed by atoms with E-state index < -0.39 is 0 Å². The Bertz CT molecular complexity index is 329. The van der Waals surface area contributed by atoms with Crippen LogP contribution >= 0.6 is 36.4 Å². The number of hydrogen-bond acceptors (Lipinski definition) is 4. The Labute approximate surface area is 119 Å². The van der Waals surface area contributed by atoms with Crippen molar-refractivity contribution in [2.24, 2.45) is 5.73 Å². The first-order valence-electron chi connectivity index (χ1n) is 5.23. The number of aromatic nitrogens is 2. The van der Waals surface area contributed by atoms with E-state index in [4.69, 9.17) is 17.3 Å². The maximum Gasteiger partial charge on any atom is 0.149 e. The van der Waals surface area contributed by atoms with Gasteiger partial charge >= 0.3 is 0 Å². The van der Waals surface area contributed by atoms with Crippen molar-refractivity contribution in [1.82, 2.24) is 9.97 Å². The average Bonchev–Trinajstić information content (AvgIpc) is 2.22. The van der Waals surface area contributed by atoms with Crippen LogP contribution in [0.3, 0.4) is 0 Å². The van der Waals surface area contributed by atoms with E-state index in [2.05, 4.69) is 15.3 Å². The first-order valence-corrected chi connectivity index (χ1v) is 5.61. The second-order valence-corrected chi connectivity index (χ2v) is 4.37. The number of nitrogens with two attached hydrogens (primary N) is 1. The fourth-order valence-electron chi connectivity index (χ4n) is 1.88. The van der Waals surface area contributed by atoms with Gasteiger partial charge in [-0.3, -0.25) is 4.98 Å². The molecule has 1 heterocycles. The van der Waals surface area contributed by atoms with Gasteiger partial charge in [-0.05, 0) is 25.7 Å². The highest BCUT2D eigenvalue weighted by Gasteiger charge is 2.18. The van der Waals surface area contributed by atoms with E-state index in [9.17, 15) is 0 Å². The Morgan fingerprint density at radius 3 is 2.41 bits per heavy atom. The lowest BCUT2D eigenvalue weighted by atomic mass is 9.92. The smallest absolute Gasteiger partial charge is 0.149 e. The van der Waals surface area contributed by atoms with Gasteiger partial charge in [0.1, 0.15) is 11.0 Å². The van der Waals surface area contributed by atoms with Gasteiger partial charge < -0.3 is 11.1 Å². The molecule has 1 aromatic rings. The van der Waals surface area contributed by atoms with E-state index in [1.807, 2.05) is 0 Å². The number of halogens is 3. The molecule has 98 valence electrons. The Kier molecular flexibility index (Phi) is 7.79. The van der Waals surface area contributed by atoms with Crippen molar-refractivity contribution in [3.05, 3.63) is 17.5 Å². The molecule has 3 N–H and O–H groups in total. The van der Waals surface area contributed by atoms with Gasteiger partial charge in [-0.25, -0.2) is 4.98 Å². The van der Waals surface area contributed by atoms with Gasteiger partial charge in [-0.15, -0.1) is 24.8 Å². The van der Waals surface area contributed by atoms with E-state index >= 15 is 0 Å². The predicted octanol–water partition coefficient (Wildman–Crippen LogP) is 2.66. The summed E-state index contributed by atoms with van der Waals surface area (Å²) >= 11 is 5.75. The van der Waals surface area contributed by atoms with Crippen molar-refractivity contribution in [2.75, 3.05) is 5.32 Å². The van der Waals surface area contributed by atoms with Gasteiger partial charge in [0, 0.05) is 12.1 Å². The number of nitrogens with zero attached hydrogens (tertiary/aromatic N) is 2. The standard InChI is InChI=1S/C10H15ClN4.2ClH/c11-9-5-13-6-10(15-9)14-8-3-1-7(12)2-4-8;;/h5-8H,1-4,12H2,(H,14,15);2*1H. The Hall–Kier alpha value is -0.290. The molecule has 0 aromatic carbocycles. The van der Waals surface area contributed by atoms with E-state index in [1.165, 1.54) is 6.20 Å². The Morgan fingerprint density at radius 1 is 1.18 bits per heavy atom. The van der Waals surface area contributed by atoms with Crippen LogP contribution in [0.5, 0.6) is 0 Å². The van der Waals surface area contributed by atoms with Crippen LogP contribution in [0.1, 0.15) is 25.7 Å². The molecule has 0 aliphatic heterocycles. The summed E-state index contributed by atoms with van der Waals surface area (Å²) in [5.74, 6) is 0.753. The lowest BCUT2D eigenvalue weighted by Crippen LogP contribution is -2.33. The zero-order valence-electron chi connectivity index (χ0n) is 9.30. The molecule has 0 atom stereocenters. The quantitative estimate of drug-likeness (QED) is 0.881. The fourth-order valence-corrected chi connectivity index (χ4v) is 2.03. The van der Waals surface area contributed by atoms with Crippen molar-refractivity contribution in [3.63, 3.8) is 0 Å². The summed E-state index contributed by atoms with van der Waals surface area (Å²) in [7, 11) is 0. The maximum absolute atomic E-state index is 5.84. The Balaban J connectivity index is 0.00000128. The molecule has 4 nitrogen and oxygen atoms in total. The number of nitrogens with one attached hydrogen (secondary N) is 1. The lowest BCUT2D eigenvalue weighted by Gasteiger charge is -2.27. The van der Waals surface area contributed by atoms with Gasteiger partial charge in [0.2, 0.25) is 0 Å². The largest absolute Gasteiger partial charge is 0.366 e. The molecule has 2 rings (SSSR count). The predicted molar refractivity (Wildman–Crippen MR) is 75.4 cm³/mol. The van der Waals surface area contributed by atoms with Gasteiger partial charge in [0.05, 0.1) is 12.4 Å². The molecule has 17 heavy (non-hydrogen) atoms. The molecule has 0 radical (unpaired) electrons. The highest BCUT2D eigenvalue weighted by Crippen LogP contribution is 2.20. The average molecular weight is 300 g/mol. The van der Waals surface area contributed by atoms with E-state index in [0.717, 1.165) is 31.5 Å². The molecular weight excluding hydrogens is 282 g/mol. The first-order chi connectivity index (χ1) is 7.24. The van der Waals surface area contributed by atoms with Crippen LogP contribution in [-0.2, 0) is 0 Å². The van der Waals surface area contributed by atoms with Crippen molar-refractivity contribution in [1.29, 1.82) is 0 Å². The van der Waals surface area contributed by atoms with Crippen LogP contribution in [0.15, 0.2) is 12.4 Å². The van der Waals surface area contributed by atoms with Crippen molar-refractivity contribution >= 4 is 42.2 Å². The summed E-state index contributed by atoms with van der Waals surface area (Å²) in [5, 5.41) is 3.75. The summed E-state index contributed by atoms with van der Waals surface area (Å²) in [4.78, 5) is 8.13. The van der Waals surface area contributed by atoms with Crippen LogP contribution in [0.25, 0.3) is 0 Å². The third kappa shape index (κ3) is 5.25. The van der Waals surface area contributed by atoms with E-state index in [1.54, 1.807) is 6.20 Å². The summed E-state index contributed by atoms with van der Waals surface area (Å²) in [6.45, 7) is 0. The van der Waals surface area contributed by atoms with Crippen molar-refractivity contribution in [3.8, 4) is 0 Å². The molecular formula is C10H17Cl3N4.